The van der Waals surface area contributed by atoms with E-state index in [1.54, 1.807) is 11.3 Å². The molecule has 0 fully saturated rings. The Morgan fingerprint density at radius 2 is 1.71 bits per heavy atom. The van der Waals surface area contributed by atoms with E-state index >= 15 is 0 Å². The second-order valence-electron chi connectivity index (χ2n) is 4.31. The van der Waals surface area contributed by atoms with Crippen molar-refractivity contribution in [2.45, 2.75) is 13.8 Å². The van der Waals surface area contributed by atoms with Gasteiger partial charge in [-0.25, -0.2) is 0 Å². The molecule has 84 valence electrons. The number of hydrogen-bond acceptors (Lipinski definition) is 2. The van der Waals surface area contributed by atoms with Gasteiger partial charge in [0.2, 0.25) is 0 Å². The molecule has 2 aromatic carbocycles. The third-order valence-electron chi connectivity index (χ3n) is 3.28. The Bertz CT molecular complexity index is 784. The van der Waals surface area contributed by atoms with E-state index in [2.05, 4.69) is 12.1 Å². The van der Waals surface area contributed by atoms with Crippen molar-refractivity contribution < 1.29 is 0 Å². The molecule has 0 N–H and O–H groups in total. The Kier molecular flexibility index (Phi) is 2.26. The number of rotatable bonds is 0. The van der Waals surface area contributed by atoms with Crippen molar-refractivity contribution in [1.82, 2.24) is 0 Å². The van der Waals surface area contributed by atoms with Gasteiger partial charge in [-0.05, 0) is 43.2 Å². The molecule has 0 unspecified atom stereocenters. The van der Waals surface area contributed by atoms with Crippen LogP contribution in [0.15, 0.2) is 41.2 Å². The smallest absolute Gasteiger partial charge is 0.196 e. The van der Waals surface area contributed by atoms with Gasteiger partial charge in [0.05, 0.1) is 0 Å². The molecule has 17 heavy (non-hydrogen) atoms. The van der Waals surface area contributed by atoms with Gasteiger partial charge in [0.1, 0.15) is 0 Å². The van der Waals surface area contributed by atoms with Crippen LogP contribution in [0.5, 0.6) is 0 Å². The predicted octanol–water partition coefficient (Wildman–Crippen LogP) is 4.03. The third kappa shape index (κ3) is 1.48. The van der Waals surface area contributed by atoms with Crippen molar-refractivity contribution in [2.75, 3.05) is 0 Å². The van der Waals surface area contributed by atoms with Crippen LogP contribution in [0.1, 0.15) is 11.1 Å². The maximum atomic E-state index is 12.5. The van der Waals surface area contributed by atoms with Crippen LogP contribution in [-0.4, -0.2) is 0 Å². The molecule has 0 aliphatic rings. The molecule has 0 spiro atoms. The van der Waals surface area contributed by atoms with Gasteiger partial charge < -0.3 is 0 Å². The largest absolute Gasteiger partial charge is 0.288 e. The minimum absolute atomic E-state index is 0.163. The van der Waals surface area contributed by atoms with Crippen LogP contribution in [-0.2, 0) is 0 Å². The topological polar surface area (TPSA) is 17.1 Å². The van der Waals surface area contributed by atoms with E-state index in [4.69, 9.17) is 0 Å². The van der Waals surface area contributed by atoms with Crippen molar-refractivity contribution in [2.24, 2.45) is 0 Å². The van der Waals surface area contributed by atoms with Crippen molar-refractivity contribution in [1.29, 1.82) is 0 Å². The van der Waals surface area contributed by atoms with Crippen LogP contribution >= 0.6 is 11.3 Å². The second-order valence-corrected chi connectivity index (χ2v) is 5.39. The summed E-state index contributed by atoms with van der Waals surface area (Å²) in [6, 6.07) is 12.0. The molecule has 0 saturated heterocycles. The quantitative estimate of drug-likeness (QED) is 0.542. The first-order chi connectivity index (χ1) is 8.18. The molecule has 0 bridgehead atoms. The third-order valence-corrected chi connectivity index (χ3v) is 4.41. The maximum absolute atomic E-state index is 12.5. The molecule has 0 radical (unpaired) electrons. The summed E-state index contributed by atoms with van der Waals surface area (Å²) in [6.45, 7) is 4.08. The van der Waals surface area contributed by atoms with Gasteiger partial charge in [-0.2, -0.15) is 0 Å². The van der Waals surface area contributed by atoms with Crippen molar-refractivity contribution >= 4 is 31.5 Å². The number of aryl methyl sites for hydroxylation is 2. The summed E-state index contributed by atoms with van der Waals surface area (Å²) >= 11 is 1.69. The first-order valence-electron chi connectivity index (χ1n) is 5.60. The van der Waals surface area contributed by atoms with E-state index in [0.717, 1.165) is 25.7 Å². The van der Waals surface area contributed by atoms with E-state index < -0.39 is 0 Å². The number of hydrogen-bond donors (Lipinski definition) is 0. The summed E-state index contributed by atoms with van der Waals surface area (Å²) in [4.78, 5) is 12.5. The minimum atomic E-state index is 0.163. The Morgan fingerprint density at radius 1 is 0.941 bits per heavy atom. The molecule has 1 heterocycles. The lowest BCUT2D eigenvalue weighted by atomic mass is 10.0. The summed E-state index contributed by atoms with van der Waals surface area (Å²) < 4.78 is 2.14. The molecule has 3 aromatic rings. The van der Waals surface area contributed by atoms with Gasteiger partial charge in [0.15, 0.2) is 5.43 Å². The monoisotopic (exact) mass is 240 g/mol. The van der Waals surface area contributed by atoms with Crippen LogP contribution in [0.3, 0.4) is 0 Å². The average molecular weight is 240 g/mol. The molecular weight excluding hydrogens is 228 g/mol. The summed E-state index contributed by atoms with van der Waals surface area (Å²) in [7, 11) is 0. The molecular formula is C15H12OS. The molecule has 0 aliphatic carbocycles. The van der Waals surface area contributed by atoms with Crippen LogP contribution < -0.4 is 5.43 Å². The van der Waals surface area contributed by atoms with Gasteiger partial charge in [-0.3, -0.25) is 4.79 Å². The molecule has 1 nitrogen and oxygen atoms in total. The normalized spacial score (nSPS) is 11.2. The van der Waals surface area contributed by atoms with Gasteiger partial charge in [-0.1, -0.05) is 18.2 Å². The lowest BCUT2D eigenvalue weighted by Gasteiger charge is -2.06. The fourth-order valence-electron chi connectivity index (χ4n) is 2.15. The molecule has 2 heteroatoms. The zero-order valence-electron chi connectivity index (χ0n) is 9.78. The number of fused-ring (bicyclic) bond motifs is 2. The highest BCUT2D eigenvalue weighted by Crippen LogP contribution is 2.27. The van der Waals surface area contributed by atoms with Crippen molar-refractivity contribution in [3.8, 4) is 0 Å². The Morgan fingerprint density at radius 3 is 2.53 bits per heavy atom. The molecule has 0 amide bonds. The van der Waals surface area contributed by atoms with Gasteiger partial charge >= 0.3 is 0 Å². The highest BCUT2D eigenvalue weighted by molar-refractivity contribution is 7.24. The van der Waals surface area contributed by atoms with Crippen LogP contribution in [0.2, 0.25) is 0 Å². The fraction of sp³-hybridized carbons (Fsp3) is 0.133. The van der Waals surface area contributed by atoms with Gasteiger partial charge in [0, 0.05) is 20.2 Å². The first-order valence-corrected chi connectivity index (χ1v) is 6.42. The zero-order chi connectivity index (χ0) is 12.0. The first kappa shape index (κ1) is 10.5. The Balaban J connectivity index is 2.66. The van der Waals surface area contributed by atoms with Gasteiger partial charge in [-0.15, -0.1) is 11.3 Å². The predicted molar refractivity (Wildman–Crippen MR) is 75.1 cm³/mol. The maximum Gasteiger partial charge on any atom is 0.196 e. The molecule has 0 atom stereocenters. The summed E-state index contributed by atoms with van der Waals surface area (Å²) in [6.07, 6.45) is 0. The van der Waals surface area contributed by atoms with E-state index in [1.807, 2.05) is 38.1 Å². The molecule has 0 saturated carbocycles. The van der Waals surface area contributed by atoms with E-state index in [-0.39, 0.29) is 5.43 Å². The van der Waals surface area contributed by atoms with Crippen molar-refractivity contribution in [3.05, 3.63) is 57.7 Å². The summed E-state index contributed by atoms with van der Waals surface area (Å²) in [5.41, 5.74) is 2.45. The highest BCUT2D eigenvalue weighted by atomic mass is 32.1. The fourth-order valence-corrected chi connectivity index (χ4v) is 3.29. The van der Waals surface area contributed by atoms with E-state index in [0.29, 0.717) is 0 Å². The van der Waals surface area contributed by atoms with Crippen LogP contribution in [0.4, 0.5) is 0 Å². The van der Waals surface area contributed by atoms with Crippen molar-refractivity contribution in [3.63, 3.8) is 0 Å². The van der Waals surface area contributed by atoms with Crippen LogP contribution in [0.25, 0.3) is 20.2 Å². The van der Waals surface area contributed by atoms with E-state index in [1.165, 1.54) is 5.56 Å². The SMILES string of the molecule is Cc1ccc2sc3ccccc3c(=O)c2c1C. The standard InChI is InChI=1S/C15H12OS/c1-9-7-8-13-14(10(9)2)15(16)11-5-3-4-6-12(11)17-13/h3-8H,1-2H3. The second kappa shape index (κ2) is 3.67. The minimum Gasteiger partial charge on any atom is -0.288 e. The van der Waals surface area contributed by atoms with Crippen LogP contribution in [0, 0.1) is 13.8 Å². The lowest BCUT2D eigenvalue weighted by Crippen LogP contribution is -2.03. The average Bonchev–Trinajstić information content (AvgIpc) is 2.34. The Labute approximate surface area is 103 Å². The zero-order valence-corrected chi connectivity index (χ0v) is 10.6. The highest BCUT2D eigenvalue weighted by Gasteiger charge is 2.08. The van der Waals surface area contributed by atoms with E-state index in [9.17, 15) is 4.79 Å². The lowest BCUT2D eigenvalue weighted by molar-refractivity contribution is 1.38. The molecule has 1 aromatic heterocycles. The molecule has 3 rings (SSSR count). The summed E-state index contributed by atoms with van der Waals surface area (Å²) in [5, 5.41) is 1.72. The summed E-state index contributed by atoms with van der Waals surface area (Å²) in [5.74, 6) is 0. The molecule has 0 aliphatic heterocycles. The van der Waals surface area contributed by atoms with Gasteiger partial charge in [0.25, 0.3) is 0 Å². The number of benzene rings is 2. The Hall–Kier alpha value is -1.67.